The Kier molecular flexibility index (Phi) is 12.1. The molecule has 0 saturated carbocycles. The van der Waals surface area contributed by atoms with Gasteiger partial charge in [-0.2, -0.15) is 9.97 Å². The van der Waals surface area contributed by atoms with E-state index in [0.29, 0.717) is 64.0 Å². The molecule has 0 amide bonds. The zero-order valence-corrected chi connectivity index (χ0v) is 33.2. The number of hydrogen-bond acceptors (Lipinski definition) is 11. The van der Waals surface area contributed by atoms with Crippen LogP contribution in [0.2, 0.25) is 0 Å². The molecule has 4 N–H and O–H groups in total. The normalized spacial score (nSPS) is 15.2. The predicted octanol–water partition coefficient (Wildman–Crippen LogP) is 9.48. The molecule has 8 rings (SSSR count). The van der Waals surface area contributed by atoms with Gasteiger partial charge >= 0.3 is 5.97 Å². The molecule has 59 heavy (non-hydrogen) atoms. The van der Waals surface area contributed by atoms with Gasteiger partial charge in [0.2, 0.25) is 23.0 Å². The van der Waals surface area contributed by atoms with Crippen molar-refractivity contribution >= 4 is 17.3 Å². The van der Waals surface area contributed by atoms with Crippen molar-refractivity contribution in [3.63, 3.8) is 0 Å². The monoisotopic (exact) mass is 792 g/mol. The maximum Gasteiger partial charge on any atom is 0.304 e. The number of ether oxygens (including phenoxy) is 2. The molecule has 0 spiro atoms. The molecule has 0 bridgehead atoms. The summed E-state index contributed by atoms with van der Waals surface area (Å²) in [6, 6.07) is 22.8. The Bertz CT molecular complexity index is 2560. The van der Waals surface area contributed by atoms with Gasteiger partial charge in [0.25, 0.3) is 11.8 Å². The number of nitrogens with two attached hydrogens (primary N) is 1. The molecule has 2 aliphatic carbocycles. The molecule has 2 heterocycles. The first-order chi connectivity index (χ1) is 28.5. The highest BCUT2D eigenvalue weighted by atomic mass is 16.5. The summed E-state index contributed by atoms with van der Waals surface area (Å²) in [7, 11) is 0. The molecule has 2 aromatic heterocycles. The molecule has 2 atom stereocenters. The van der Waals surface area contributed by atoms with Gasteiger partial charge in [-0.25, -0.2) is 9.69 Å². The van der Waals surface area contributed by atoms with Crippen LogP contribution in [0.1, 0.15) is 81.3 Å². The van der Waals surface area contributed by atoms with E-state index in [1.165, 1.54) is 5.56 Å². The van der Waals surface area contributed by atoms with Crippen LogP contribution in [0.4, 0.5) is 11.4 Å². The third kappa shape index (κ3) is 9.00. The van der Waals surface area contributed by atoms with Crippen molar-refractivity contribution in [2.45, 2.75) is 84.1 Å². The average molecular weight is 793 g/mol. The van der Waals surface area contributed by atoms with Crippen molar-refractivity contribution in [1.29, 1.82) is 0 Å². The Balaban J connectivity index is 0.000000181. The summed E-state index contributed by atoms with van der Waals surface area (Å²) in [5, 5.41) is 20.5. The summed E-state index contributed by atoms with van der Waals surface area (Å²) < 4.78 is 22.3. The van der Waals surface area contributed by atoms with Crippen LogP contribution in [-0.2, 0) is 17.6 Å². The lowest BCUT2D eigenvalue weighted by Gasteiger charge is -2.13. The van der Waals surface area contributed by atoms with Gasteiger partial charge < -0.3 is 34.7 Å². The molecule has 300 valence electrons. The average Bonchev–Trinajstić information content (AvgIpc) is 4.06. The number of benzene rings is 4. The Morgan fingerprint density at radius 1 is 0.797 bits per heavy atom. The highest BCUT2D eigenvalue weighted by molar-refractivity contribution is 5.72. The summed E-state index contributed by atoms with van der Waals surface area (Å²) in [5.41, 5.74) is 14.8. The van der Waals surface area contributed by atoms with Gasteiger partial charge in [-0.05, 0) is 112 Å². The maximum atomic E-state index is 10.8. The van der Waals surface area contributed by atoms with Crippen molar-refractivity contribution in [3.8, 4) is 57.2 Å². The fraction of sp³-hybridized carbons (Fsp3) is 0.311. The third-order valence-corrected chi connectivity index (χ3v) is 10.0. The number of carboxylic acid groups (broad SMARTS) is 1. The second kappa shape index (κ2) is 17.7. The molecule has 0 saturated heterocycles. The molecule has 0 radical (unpaired) electrons. The number of nitrogens with one attached hydrogen (secondary N) is 1. The summed E-state index contributed by atoms with van der Waals surface area (Å²) >= 11 is 0. The molecular formula is C45H44N8O6. The van der Waals surface area contributed by atoms with Crippen LogP contribution in [0, 0.1) is 13.1 Å². The van der Waals surface area contributed by atoms with E-state index in [1.807, 2.05) is 64.1 Å². The van der Waals surface area contributed by atoms with Crippen LogP contribution in [0.25, 0.3) is 55.4 Å². The van der Waals surface area contributed by atoms with E-state index in [9.17, 15) is 4.79 Å². The zero-order chi connectivity index (χ0) is 41.6. The Morgan fingerprint density at radius 2 is 1.31 bits per heavy atom. The second-order valence-electron chi connectivity index (χ2n) is 14.8. The molecule has 14 heteroatoms. The third-order valence-electron chi connectivity index (χ3n) is 10.0. The van der Waals surface area contributed by atoms with Crippen molar-refractivity contribution in [3.05, 3.63) is 118 Å². The predicted molar refractivity (Wildman–Crippen MR) is 221 cm³/mol. The van der Waals surface area contributed by atoms with E-state index in [0.717, 1.165) is 53.5 Å². The highest BCUT2D eigenvalue weighted by Gasteiger charge is 2.27. The topological polar surface area (TPSA) is 180 Å². The number of carbonyl (C=O) groups is 1. The van der Waals surface area contributed by atoms with Crippen LogP contribution in [0.3, 0.4) is 0 Å². The zero-order valence-electron chi connectivity index (χ0n) is 33.2. The molecule has 0 fully saturated rings. The number of aromatic nitrogens is 4. The minimum atomic E-state index is -0.811. The van der Waals surface area contributed by atoms with Crippen LogP contribution in [-0.4, -0.2) is 50.1 Å². The second-order valence-corrected chi connectivity index (χ2v) is 14.8. The molecular weight excluding hydrogens is 749 g/mol. The number of aliphatic carboxylic acids is 1. The van der Waals surface area contributed by atoms with Gasteiger partial charge in [-0.3, -0.25) is 4.79 Å². The van der Waals surface area contributed by atoms with Crippen molar-refractivity contribution < 1.29 is 28.4 Å². The van der Waals surface area contributed by atoms with Gasteiger partial charge in [-0.15, -0.1) is 0 Å². The summed E-state index contributed by atoms with van der Waals surface area (Å²) in [6.45, 7) is 22.9. The van der Waals surface area contributed by atoms with E-state index in [4.69, 9.17) is 42.5 Å². The van der Waals surface area contributed by atoms with E-state index in [2.05, 4.69) is 47.4 Å². The molecule has 2 aliphatic rings. The standard InChI is InChI=1S/C24H24N4O4.C21H20N4O2/c1-14(2)31-21-10-7-15(13-20(21)25-3)24-27-23(28-32-24)18-6-4-5-17-16(18)8-9-19(17)26-12-11-22(29)30;1-12(2)26-19-10-7-13(11-18(19)23-3)21-24-20(25-27-21)16-6-4-5-15-14(16)8-9-17(15)22/h4-7,10,13-14,19,26H,8-9,11-12H2,1-2H3,(H,29,30);4-7,10-12,17H,8-9,22H2,1-2H3/t19-;17-/m11/s1. The first-order valence-corrected chi connectivity index (χ1v) is 19.5. The Labute approximate surface area is 342 Å². The van der Waals surface area contributed by atoms with Crippen molar-refractivity contribution in [2.24, 2.45) is 5.73 Å². The lowest BCUT2D eigenvalue weighted by molar-refractivity contribution is -0.136. The number of carboxylic acids is 1. The molecule has 14 nitrogen and oxygen atoms in total. The number of nitrogens with zero attached hydrogens (tertiary/aromatic N) is 6. The van der Waals surface area contributed by atoms with Crippen molar-refractivity contribution in [1.82, 2.24) is 25.6 Å². The van der Waals surface area contributed by atoms with Gasteiger partial charge in [0.15, 0.2) is 0 Å². The smallest absolute Gasteiger partial charge is 0.304 e. The van der Waals surface area contributed by atoms with Gasteiger partial charge in [0.05, 0.1) is 31.8 Å². The van der Waals surface area contributed by atoms with Crippen molar-refractivity contribution in [2.75, 3.05) is 6.54 Å². The Morgan fingerprint density at radius 3 is 1.81 bits per heavy atom. The fourth-order valence-corrected chi connectivity index (χ4v) is 7.41. The van der Waals surface area contributed by atoms with Crippen LogP contribution < -0.4 is 20.5 Å². The number of hydrogen-bond donors (Lipinski definition) is 3. The lowest BCUT2D eigenvalue weighted by Crippen LogP contribution is -2.22. The molecule has 6 aromatic rings. The number of rotatable bonds is 12. The summed E-state index contributed by atoms with van der Waals surface area (Å²) in [5.74, 6) is 2.03. The minimum Gasteiger partial charge on any atom is -0.502 e. The van der Waals surface area contributed by atoms with Crippen LogP contribution in [0.15, 0.2) is 81.8 Å². The van der Waals surface area contributed by atoms with E-state index in [-0.39, 0.29) is 30.7 Å². The van der Waals surface area contributed by atoms with Gasteiger partial charge in [-0.1, -0.05) is 46.7 Å². The van der Waals surface area contributed by atoms with Gasteiger partial charge in [0, 0.05) is 40.9 Å². The van der Waals surface area contributed by atoms with Crippen LogP contribution in [0.5, 0.6) is 11.5 Å². The minimum absolute atomic E-state index is 0.00194. The maximum absolute atomic E-state index is 10.8. The SMILES string of the molecule is [C-]#[N+]c1cc(-c2nc(-c3cccc4c3CC[C@H]4N)no2)ccc1OC(C)C.[C-]#[N+]c1cc(-c2nc(-c3cccc4c3CC[C@H]4NCCC(=O)O)no2)ccc1OC(C)C. The summed E-state index contributed by atoms with van der Waals surface area (Å²) in [4.78, 5) is 27.0. The van der Waals surface area contributed by atoms with Gasteiger partial charge in [0.1, 0.15) is 11.5 Å². The van der Waals surface area contributed by atoms with Crippen LogP contribution >= 0.6 is 0 Å². The van der Waals surface area contributed by atoms with E-state index >= 15 is 0 Å². The number of fused-ring (bicyclic) bond motifs is 2. The lowest BCUT2D eigenvalue weighted by atomic mass is 10.0. The fourth-order valence-electron chi connectivity index (χ4n) is 7.41. The van der Waals surface area contributed by atoms with E-state index in [1.54, 1.807) is 24.3 Å². The Hall–Kier alpha value is -6.87. The summed E-state index contributed by atoms with van der Waals surface area (Å²) in [6.07, 6.45) is 3.65. The molecule has 0 aliphatic heterocycles. The highest BCUT2D eigenvalue weighted by Crippen LogP contribution is 2.40. The first kappa shape index (κ1) is 40.3. The molecule has 0 unspecified atom stereocenters. The largest absolute Gasteiger partial charge is 0.502 e. The quantitative estimate of drug-likeness (QED) is 0.100. The first-order valence-electron chi connectivity index (χ1n) is 19.5. The van der Waals surface area contributed by atoms with E-state index < -0.39 is 5.97 Å². The molecule has 4 aromatic carbocycles.